The summed E-state index contributed by atoms with van der Waals surface area (Å²) in [5.74, 6) is 0.375. The summed E-state index contributed by atoms with van der Waals surface area (Å²) in [6.07, 6.45) is 1.50. The Balaban J connectivity index is 1.69. The number of benzene rings is 1. The van der Waals surface area contributed by atoms with Crippen LogP contribution in [0, 0.1) is 5.92 Å². The lowest BCUT2D eigenvalue weighted by Crippen LogP contribution is -2.42. The van der Waals surface area contributed by atoms with E-state index >= 15 is 0 Å². The molecule has 2 aliphatic heterocycles. The molecule has 154 valence electrons. The van der Waals surface area contributed by atoms with E-state index in [9.17, 15) is 18.4 Å². The number of ketones is 1. The van der Waals surface area contributed by atoms with Gasteiger partial charge in [-0.25, -0.2) is 4.79 Å². The normalized spacial score (nSPS) is 17.5. The molecule has 28 heavy (non-hydrogen) atoms. The van der Waals surface area contributed by atoms with Crippen molar-refractivity contribution in [2.75, 3.05) is 19.7 Å². The van der Waals surface area contributed by atoms with Crippen LogP contribution in [0.4, 0.5) is 13.6 Å². The number of nitrogens with zero attached hydrogens (tertiary/aromatic N) is 1. The SMILES string of the molecule is CC(C)(C)OC(=O)N1CCC(Cc2c(OC(F)F)ccc3c2OCC3=O)CC1. The van der Waals surface area contributed by atoms with Gasteiger partial charge in [0, 0.05) is 18.7 Å². The lowest BCUT2D eigenvalue weighted by molar-refractivity contribution is -0.0507. The van der Waals surface area contributed by atoms with E-state index in [4.69, 9.17) is 9.47 Å². The number of fused-ring (bicyclic) bond motifs is 1. The Labute approximate surface area is 162 Å². The zero-order valence-electron chi connectivity index (χ0n) is 16.3. The molecule has 6 nitrogen and oxygen atoms in total. The maximum Gasteiger partial charge on any atom is 0.410 e. The minimum absolute atomic E-state index is 0.0398. The zero-order chi connectivity index (χ0) is 20.5. The predicted molar refractivity (Wildman–Crippen MR) is 97.1 cm³/mol. The molecular formula is C20H25F2NO5. The summed E-state index contributed by atoms with van der Waals surface area (Å²) in [4.78, 5) is 25.8. The van der Waals surface area contributed by atoms with Gasteiger partial charge in [-0.05, 0) is 58.1 Å². The van der Waals surface area contributed by atoms with Gasteiger partial charge >= 0.3 is 12.7 Å². The third-order valence-corrected chi connectivity index (χ3v) is 4.84. The first-order chi connectivity index (χ1) is 13.1. The molecule has 0 bridgehead atoms. The van der Waals surface area contributed by atoms with Crippen molar-refractivity contribution >= 4 is 11.9 Å². The van der Waals surface area contributed by atoms with Crippen molar-refractivity contribution < 1.29 is 32.6 Å². The highest BCUT2D eigenvalue weighted by Crippen LogP contribution is 2.39. The van der Waals surface area contributed by atoms with Gasteiger partial charge in [0.1, 0.15) is 17.1 Å². The number of amides is 1. The summed E-state index contributed by atoms with van der Waals surface area (Å²) >= 11 is 0. The number of carbonyl (C=O) groups is 2. The standard InChI is InChI=1S/C20H25F2NO5/c1-20(2,3)28-19(25)23-8-6-12(7-9-23)10-14-16(27-18(21)22)5-4-13-15(24)11-26-17(13)14/h4-5,12,18H,6-11H2,1-3H3. The highest BCUT2D eigenvalue weighted by Gasteiger charge is 2.31. The molecule has 0 unspecified atom stereocenters. The first kappa shape index (κ1) is 20.4. The topological polar surface area (TPSA) is 65.1 Å². The lowest BCUT2D eigenvalue weighted by atomic mass is 9.88. The van der Waals surface area contributed by atoms with Gasteiger partial charge in [0.15, 0.2) is 6.61 Å². The van der Waals surface area contributed by atoms with E-state index in [1.54, 1.807) is 4.90 Å². The van der Waals surface area contributed by atoms with Crippen molar-refractivity contribution in [3.63, 3.8) is 0 Å². The van der Waals surface area contributed by atoms with Crippen LogP contribution < -0.4 is 9.47 Å². The van der Waals surface area contributed by atoms with E-state index in [1.807, 2.05) is 20.8 Å². The molecule has 1 saturated heterocycles. The van der Waals surface area contributed by atoms with Crippen molar-refractivity contribution in [3.8, 4) is 11.5 Å². The molecule has 0 saturated carbocycles. The van der Waals surface area contributed by atoms with Crippen LogP contribution in [-0.2, 0) is 11.2 Å². The van der Waals surface area contributed by atoms with Gasteiger partial charge in [-0.2, -0.15) is 8.78 Å². The second-order valence-corrected chi connectivity index (χ2v) is 8.12. The smallest absolute Gasteiger partial charge is 0.410 e. The third-order valence-electron chi connectivity index (χ3n) is 4.84. The molecular weight excluding hydrogens is 372 g/mol. The summed E-state index contributed by atoms with van der Waals surface area (Å²) < 4.78 is 41.1. The summed E-state index contributed by atoms with van der Waals surface area (Å²) in [7, 11) is 0. The molecule has 0 atom stereocenters. The Bertz CT molecular complexity index is 752. The average Bonchev–Trinajstić information content (AvgIpc) is 2.97. The van der Waals surface area contributed by atoms with Gasteiger partial charge in [0.05, 0.1) is 5.56 Å². The monoisotopic (exact) mass is 397 g/mol. The Kier molecular flexibility index (Phi) is 5.76. The fourth-order valence-corrected chi connectivity index (χ4v) is 3.54. The Morgan fingerprint density at radius 3 is 2.57 bits per heavy atom. The third kappa shape index (κ3) is 4.72. The number of ether oxygens (including phenoxy) is 3. The maximum absolute atomic E-state index is 12.8. The van der Waals surface area contributed by atoms with Gasteiger partial charge in [-0.15, -0.1) is 0 Å². The summed E-state index contributed by atoms with van der Waals surface area (Å²) in [5, 5.41) is 0. The molecule has 0 aromatic heterocycles. The fourth-order valence-electron chi connectivity index (χ4n) is 3.54. The lowest BCUT2D eigenvalue weighted by Gasteiger charge is -2.33. The molecule has 0 radical (unpaired) electrons. The number of likely N-dealkylation sites (tertiary alicyclic amines) is 1. The van der Waals surface area contributed by atoms with Crippen LogP contribution >= 0.6 is 0 Å². The van der Waals surface area contributed by atoms with Gasteiger partial charge < -0.3 is 19.1 Å². The summed E-state index contributed by atoms with van der Waals surface area (Å²) in [5.41, 5.74) is 0.353. The average molecular weight is 397 g/mol. The van der Waals surface area contributed by atoms with E-state index in [0.29, 0.717) is 49.2 Å². The Morgan fingerprint density at radius 1 is 1.29 bits per heavy atom. The van der Waals surface area contributed by atoms with Crippen molar-refractivity contribution in [1.82, 2.24) is 4.90 Å². The van der Waals surface area contributed by atoms with E-state index in [0.717, 1.165) is 0 Å². The molecule has 1 aromatic carbocycles. The number of halogens is 2. The number of hydrogen-bond acceptors (Lipinski definition) is 5. The highest BCUT2D eigenvalue weighted by atomic mass is 19.3. The van der Waals surface area contributed by atoms with Gasteiger partial charge in [-0.1, -0.05) is 0 Å². The Hall–Kier alpha value is -2.38. The molecule has 2 aliphatic rings. The second-order valence-electron chi connectivity index (χ2n) is 8.12. The van der Waals surface area contributed by atoms with Crippen molar-refractivity contribution in [2.45, 2.75) is 52.2 Å². The maximum atomic E-state index is 12.8. The quantitative estimate of drug-likeness (QED) is 0.767. The van der Waals surface area contributed by atoms with Crippen LogP contribution in [0.5, 0.6) is 11.5 Å². The number of carbonyl (C=O) groups excluding carboxylic acids is 2. The molecule has 0 N–H and O–H groups in total. The number of piperidine rings is 1. The van der Waals surface area contributed by atoms with E-state index in [2.05, 4.69) is 4.74 Å². The fraction of sp³-hybridized carbons (Fsp3) is 0.600. The highest BCUT2D eigenvalue weighted by molar-refractivity contribution is 6.03. The number of rotatable bonds is 4. The van der Waals surface area contributed by atoms with Gasteiger partial charge in [0.25, 0.3) is 0 Å². The first-order valence-electron chi connectivity index (χ1n) is 9.38. The predicted octanol–water partition coefficient (Wildman–Crippen LogP) is 4.05. The van der Waals surface area contributed by atoms with Crippen LogP contribution in [0.3, 0.4) is 0 Å². The first-order valence-corrected chi connectivity index (χ1v) is 9.38. The number of Topliss-reactive ketones (excluding diaryl/α,β-unsaturated/α-hetero) is 1. The number of alkyl halides is 2. The van der Waals surface area contributed by atoms with Crippen LogP contribution in [-0.4, -0.2) is 48.7 Å². The van der Waals surface area contributed by atoms with Crippen LogP contribution in [0.25, 0.3) is 0 Å². The molecule has 1 amide bonds. The van der Waals surface area contributed by atoms with Gasteiger partial charge in [-0.3, -0.25) is 4.79 Å². The van der Waals surface area contributed by atoms with Gasteiger partial charge in [0.2, 0.25) is 5.78 Å². The molecule has 0 spiro atoms. The molecule has 2 heterocycles. The van der Waals surface area contributed by atoms with Crippen molar-refractivity contribution in [2.24, 2.45) is 5.92 Å². The van der Waals surface area contributed by atoms with Crippen LogP contribution in [0.1, 0.15) is 49.5 Å². The van der Waals surface area contributed by atoms with Crippen molar-refractivity contribution in [3.05, 3.63) is 23.3 Å². The van der Waals surface area contributed by atoms with E-state index < -0.39 is 12.2 Å². The minimum Gasteiger partial charge on any atom is -0.484 e. The number of hydrogen-bond donors (Lipinski definition) is 0. The zero-order valence-corrected chi connectivity index (χ0v) is 16.3. The molecule has 0 aliphatic carbocycles. The van der Waals surface area contributed by atoms with Crippen molar-refractivity contribution in [1.29, 1.82) is 0 Å². The summed E-state index contributed by atoms with van der Waals surface area (Å²) in [6, 6.07) is 2.87. The summed E-state index contributed by atoms with van der Waals surface area (Å²) in [6.45, 7) is 3.47. The minimum atomic E-state index is -2.96. The van der Waals surface area contributed by atoms with E-state index in [-0.39, 0.29) is 30.2 Å². The van der Waals surface area contributed by atoms with Crippen LogP contribution in [0.15, 0.2) is 12.1 Å². The Morgan fingerprint density at radius 2 is 1.96 bits per heavy atom. The molecule has 8 heteroatoms. The molecule has 1 aromatic rings. The second kappa shape index (κ2) is 7.93. The van der Waals surface area contributed by atoms with E-state index in [1.165, 1.54) is 12.1 Å². The molecule has 1 fully saturated rings. The largest absolute Gasteiger partial charge is 0.484 e. The van der Waals surface area contributed by atoms with Crippen LogP contribution in [0.2, 0.25) is 0 Å². The molecule has 3 rings (SSSR count).